The van der Waals surface area contributed by atoms with Gasteiger partial charge in [-0.25, -0.2) is 4.39 Å². The highest BCUT2D eigenvalue weighted by atomic mass is 32.2. The van der Waals surface area contributed by atoms with Gasteiger partial charge in [-0.3, -0.25) is 0 Å². The second-order valence-corrected chi connectivity index (χ2v) is 4.37. The normalized spacial score (nSPS) is 21.3. The Labute approximate surface area is 75.4 Å². The van der Waals surface area contributed by atoms with Crippen molar-refractivity contribution in [1.82, 2.24) is 0 Å². The van der Waals surface area contributed by atoms with Crippen molar-refractivity contribution in [2.24, 2.45) is 0 Å². The standard InChI is InChI=1S/C9H10FNS/c1-6-5-11-8-4-2-3-7(10)9(8)12-6/h2-4,6,11H,5H2,1H3. The first-order valence-electron chi connectivity index (χ1n) is 3.96. The monoisotopic (exact) mass is 183 g/mol. The number of benzene rings is 1. The van der Waals surface area contributed by atoms with Gasteiger partial charge >= 0.3 is 0 Å². The molecule has 0 saturated heterocycles. The largest absolute Gasteiger partial charge is 0.383 e. The van der Waals surface area contributed by atoms with Crippen LogP contribution < -0.4 is 5.32 Å². The second-order valence-electron chi connectivity index (χ2n) is 2.93. The fourth-order valence-electron chi connectivity index (χ4n) is 1.26. The Hall–Kier alpha value is -0.700. The van der Waals surface area contributed by atoms with Crippen molar-refractivity contribution in [2.75, 3.05) is 11.9 Å². The summed E-state index contributed by atoms with van der Waals surface area (Å²) in [5, 5.41) is 3.65. The Morgan fingerprint density at radius 2 is 2.42 bits per heavy atom. The molecule has 1 N–H and O–H groups in total. The number of nitrogens with one attached hydrogen (secondary N) is 1. The molecule has 0 spiro atoms. The van der Waals surface area contributed by atoms with Gasteiger partial charge in [0.2, 0.25) is 0 Å². The van der Waals surface area contributed by atoms with Gasteiger partial charge in [-0.05, 0) is 12.1 Å². The van der Waals surface area contributed by atoms with Crippen LogP contribution in [-0.2, 0) is 0 Å². The first-order chi connectivity index (χ1) is 5.77. The summed E-state index contributed by atoms with van der Waals surface area (Å²) in [6.45, 7) is 3.01. The molecule has 2 rings (SSSR count). The summed E-state index contributed by atoms with van der Waals surface area (Å²) in [7, 11) is 0. The lowest BCUT2D eigenvalue weighted by Gasteiger charge is -2.22. The van der Waals surface area contributed by atoms with Crippen LogP contribution in [0.2, 0.25) is 0 Å². The van der Waals surface area contributed by atoms with Crippen LogP contribution in [0.5, 0.6) is 0 Å². The van der Waals surface area contributed by atoms with Crippen LogP contribution in [-0.4, -0.2) is 11.8 Å². The molecule has 0 aromatic heterocycles. The summed E-state index contributed by atoms with van der Waals surface area (Å²) in [6, 6.07) is 5.15. The molecule has 0 bridgehead atoms. The number of rotatable bonds is 0. The summed E-state index contributed by atoms with van der Waals surface area (Å²) >= 11 is 1.60. The fourth-order valence-corrected chi connectivity index (χ4v) is 2.28. The smallest absolute Gasteiger partial charge is 0.138 e. The summed E-state index contributed by atoms with van der Waals surface area (Å²) in [4.78, 5) is 0.760. The quantitative estimate of drug-likeness (QED) is 0.663. The molecule has 0 amide bonds. The molecule has 0 aliphatic carbocycles. The van der Waals surface area contributed by atoms with E-state index in [-0.39, 0.29) is 5.82 Å². The van der Waals surface area contributed by atoms with E-state index in [1.807, 2.05) is 6.07 Å². The molecule has 1 aliphatic rings. The van der Waals surface area contributed by atoms with Crippen LogP contribution in [0.15, 0.2) is 23.1 Å². The third-order valence-corrected chi connectivity index (χ3v) is 3.09. The van der Waals surface area contributed by atoms with E-state index in [9.17, 15) is 4.39 Å². The van der Waals surface area contributed by atoms with Crippen molar-refractivity contribution < 1.29 is 4.39 Å². The fraction of sp³-hybridized carbons (Fsp3) is 0.333. The maximum absolute atomic E-state index is 13.2. The number of thioether (sulfide) groups is 1. The SMILES string of the molecule is CC1CNc2cccc(F)c2S1. The van der Waals surface area contributed by atoms with Gasteiger partial charge < -0.3 is 5.32 Å². The van der Waals surface area contributed by atoms with Crippen LogP contribution >= 0.6 is 11.8 Å². The molecule has 1 atom stereocenters. The molecule has 0 fully saturated rings. The first-order valence-corrected chi connectivity index (χ1v) is 4.84. The van der Waals surface area contributed by atoms with Gasteiger partial charge in [-0.1, -0.05) is 13.0 Å². The zero-order chi connectivity index (χ0) is 8.55. The Bertz CT molecular complexity index is 301. The minimum Gasteiger partial charge on any atom is -0.383 e. The summed E-state index contributed by atoms with van der Waals surface area (Å²) in [6.07, 6.45) is 0. The summed E-state index contributed by atoms with van der Waals surface area (Å²) in [5.74, 6) is -0.114. The molecular weight excluding hydrogens is 173 g/mol. The van der Waals surface area contributed by atoms with Gasteiger partial charge in [0.25, 0.3) is 0 Å². The third kappa shape index (κ3) is 1.29. The van der Waals surface area contributed by atoms with E-state index < -0.39 is 0 Å². The van der Waals surface area contributed by atoms with Crippen molar-refractivity contribution in [1.29, 1.82) is 0 Å². The van der Waals surface area contributed by atoms with Crippen LogP contribution in [0.1, 0.15) is 6.92 Å². The molecule has 64 valence electrons. The van der Waals surface area contributed by atoms with Crippen molar-refractivity contribution in [3.05, 3.63) is 24.0 Å². The van der Waals surface area contributed by atoms with Crippen LogP contribution in [0.3, 0.4) is 0 Å². The molecule has 1 nitrogen and oxygen atoms in total. The molecule has 1 unspecified atom stereocenters. The lowest BCUT2D eigenvalue weighted by molar-refractivity contribution is 0.601. The predicted molar refractivity (Wildman–Crippen MR) is 50.2 cm³/mol. The van der Waals surface area contributed by atoms with Crippen molar-refractivity contribution in [2.45, 2.75) is 17.1 Å². The number of hydrogen-bond acceptors (Lipinski definition) is 2. The van der Waals surface area contributed by atoms with Crippen molar-refractivity contribution in [3.63, 3.8) is 0 Å². The highest BCUT2D eigenvalue weighted by Crippen LogP contribution is 2.36. The minimum absolute atomic E-state index is 0.114. The van der Waals surface area contributed by atoms with Gasteiger partial charge in [-0.2, -0.15) is 0 Å². The molecule has 12 heavy (non-hydrogen) atoms. The van der Waals surface area contributed by atoms with Crippen LogP contribution in [0.25, 0.3) is 0 Å². The molecule has 0 saturated carbocycles. The van der Waals surface area contributed by atoms with Gasteiger partial charge in [0.15, 0.2) is 0 Å². The molecule has 0 radical (unpaired) electrons. The number of anilines is 1. The van der Waals surface area contributed by atoms with E-state index >= 15 is 0 Å². The first kappa shape index (κ1) is 7.92. The summed E-state index contributed by atoms with van der Waals surface area (Å²) < 4.78 is 13.2. The topological polar surface area (TPSA) is 12.0 Å². The number of fused-ring (bicyclic) bond motifs is 1. The average Bonchev–Trinajstić information content (AvgIpc) is 2.07. The van der Waals surface area contributed by atoms with Gasteiger partial charge in [0.1, 0.15) is 5.82 Å². The van der Waals surface area contributed by atoms with E-state index in [1.54, 1.807) is 17.8 Å². The average molecular weight is 183 g/mol. The van der Waals surface area contributed by atoms with E-state index in [0.29, 0.717) is 5.25 Å². The van der Waals surface area contributed by atoms with Gasteiger partial charge in [0.05, 0.1) is 10.6 Å². The molecule has 1 aromatic carbocycles. The molecular formula is C9H10FNS. The maximum Gasteiger partial charge on any atom is 0.138 e. The van der Waals surface area contributed by atoms with E-state index in [1.165, 1.54) is 6.07 Å². The van der Waals surface area contributed by atoms with Crippen molar-refractivity contribution in [3.8, 4) is 0 Å². The number of halogens is 1. The Morgan fingerprint density at radius 1 is 1.58 bits per heavy atom. The highest BCUT2D eigenvalue weighted by Gasteiger charge is 2.17. The Kier molecular flexibility index (Phi) is 1.97. The second kappa shape index (κ2) is 2.98. The maximum atomic E-state index is 13.2. The van der Waals surface area contributed by atoms with E-state index in [4.69, 9.17) is 0 Å². The lowest BCUT2D eigenvalue weighted by Crippen LogP contribution is -2.18. The highest BCUT2D eigenvalue weighted by molar-refractivity contribution is 8.00. The van der Waals surface area contributed by atoms with Gasteiger partial charge in [0, 0.05) is 11.8 Å². The van der Waals surface area contributed by atoms with Crippen LogP contribution in [0.4, 0.5) is 10.1 Å². The lowest BCUT2D eigenvalue weighted by atomic mass is 10.3. The molecule has 1 aromatic rings. The van der Waals surface area contributed by atoms with E-state index in [2.05, 4.69) is 12.2 Å². The van der Waals surface area contributed by atoms with Crippen molar-refractivity contribution >= 4 is 17.4 Å². The molecule has 1 heterocycles. The van der Waals surface area contributed by atoms with Gasteiger partial charge in [-0.15, -0.1) is 11.8 Å². The Balaban J connectivity index is 2.43. The zero-order valence-electron chi connectivity index (χ0n) is 6.80. The summed E-state index contributed by atoms with van der Waals surface area (Å²) in [5.41, 5.74) is 0.929. The van der Waals surface area contributed by atoms with Crippen LogP contribution in [0, 0.1) is 5.82 Å². The zero-order valence-corrected chi connectivity index (χ0v) is 7.62. The number of hydrogen-bond donors (Lipinski definition) is 1. The predicted octanol–water partition coefficient (Wildman–Crippen LogP) is 2.73. The van der Waals surface area contributed by atoms with E-state index in [0.717, 1.165) is 17.1 Å². The molecule has 1 aliphatic heterocycles. The minimum atomic E-state index is -0.114. The Morgan fingerprint density at radius 3 is 3.25 bits per heavy atom. The molecule has 3 heteroatoms. The third-order valence-electron chi connectivity index (χ3n) is 1.87.